The van der Waals surface area contributed by atoms with Crippen LogP contribution >= 0.6 is 11.6 Å². The molecule has 4 rings (SSSR count). The van der Waals surface area contributed by atoms with Crippen molar-refractivity contribution < 1.29 is 13.2 Å². The first-order valence-electron chi connectivity index (χ1n) is 7.73. The molecule has 0 aliphatic heterocycles. The Bertz CT molecular complexity index is 1120. The molecule has 7 nitrogen and oxygen atoms in total. The Morgan fingerprint density at radius 3 is 2.52 bits per heavy atom. The largest absolute Gasteiger partial charge is 0.434 e. The molecule has 1 aromatic carbocycles. The molecule has 0 saturated carbocycles. The molecule has 138 valence electrons. The summed E-state index contributed by atoms with van der Waals surface area (Å²) in [5.74, 6) is 0.236. The number of aryl methyl sites for hydroxylation is 1. The molecular weight excluding hydrogens is 383 g/mol. The van der Waals surface area contributed by atoms with E-state index in [1.807, 2.05) is 0 Å². The van der Waals surface area contributed by atoms with Gasteiger partial charge in [0.2, 0.25) is 5.28 Å². The minimum Gasteiger partial charge on any atom is -0.333 e. The average molecular weight is 394 g/mol. The van der Waals surface area contributed by atoms with Crippen molar-refractivity contribution in [1.82, 2.24) is 34.5 Å². The van der Waals surface area contributed by atoms with E-state index >= 15 is 0 Å². The van der Waals surface area contributed by atoms with Gasteiger partial charge < -0.3 is 4.57 Å². The van der Waals surface area contributed by atoms with Crippen molar-refractivity contribution in [3.63, 3.8) is 0 Å². The molecule has 0 aliphatic rings. The lowest BCUT2D eigenvalue weighted by Crippen LogP contribution is -2.05. The molecule has 0 spiro atoms. The van der Waals surface area contributed by atoms with Gasteiger partial charge in [0, 0.05) is 18.8 Å². The predicted molar refractivity (Wildman–Crippen MR) is 90.9 cm³/mol. The number of hydrogen-bond acceptors (Lipinski definition) is 5. The molecule has 0 aliphatic carbocycles. The maximum Gasteiger partial charge on any atom is 0.434 e. The van der Waals surface area contributed by atoms with Crippen LogP contribution in [0, 0.1) is 0 Å². The standard InChI is InChI=1S/C16H11ClF3N7/c1-26-8-12(16(18,19)20)22-13(26)10-4-2-9(3-5-10)7-27-14-11(24-25-27)6-21-15(17)23-14/h2-6,8H,7H2,1H3. The number of fused-ring (bicyclic) bond motifs is 1. The second kappa shape index (κ2) is 6.31. The second-order valence-electron chi connectivity index (χ2n) is 5.85. The molecule has 27 heavy (non-hydrogen) atoms. The van der Waals surface area contributed by atoms with Crippen LogP contribution in [-0.2, 0) is 19.8 Å². The highest BCUT2D eigenvalue weighted by atomic mass is 35.5. The number of halogens is 4. The summed E-state index contributed by atoms with van der Waals surface area (Å²) in [5.41, 5.74) is 1.53. The van der Waals surface area contributed by atoms with Gasteiger partial charge in [0.25, 0.3) is 0 Å². The van der Waals surface area contributed by atoms with Crippen molar-refractivity contribution in [3.05, 3.63) is 53.2 Å². The lowest BCUT2D eigenvalue weighted by Gasteiger charge is -2.05. The monoisotopic (exact) mass is 393 g/mol. The summed E-state index contributed by atoms with van der Waals surface area (Å²) in [6.45, 7) is 0.374. The van der Waals surface area contributed by atoms with Crippen LogP contribution in [0.4, 0.5) is 13.2 Å². The van der Waals surface area contributed by atoms with Crippen molar-refractivity contribution in [2.45, 2.75) is 12.7 Å². The van der Waals surface area contributed by atoms with Crippen LogP contribution in [-0.4, -0.2) is 34.5 Å². The first-order valence-corrected chi connectivity index (χ1v) is 8.10. The third-order valence-electron chi connectivity index (χ3n) is 3.94. The van der Waals surface area contributed by atoms with Crippen LogP contribution in [0.5, 0.6) is 0 Å². The molecule has 0 N–H and O–H groups in total. The van der Waals surface area contributed by atoms with Crippen molar-refractivity contribution in [2.75, 3.05) is 0 Å². The molecule has 0 fully saturated rings. The van der Waals surface area contributed by atoms with Gasteiger partial charge in [-0.1, -0.05) is 29.5 Å². The molecule has 3 aromatic heterocycles. The maximum absolute atomic E-state index is 12.8. The third kappa shape index (κ3) is 3.35. The highest BCUT2D eigenvalue weighted by Gasteiger charge is 2.34. The van der Waals surface area contributed by atoms with E-state index in [1.165, 1.54) is 17.8 Å². The Morgan fingerprint density at radius 1 is 1.11 bits per heavy atom. The zero-order valence-electron chi connectivity index (χ0n) is 13.8. The van der Waals surface area contributed by atoms with Gasteiger partial charge in [-0.25, -0.2) is 14.6 Å². The van der Waals surface area contributed by atoms with Crippen LogP contribution in [0.1, 0.15) is 11.3 Å². The predicted octanol–water partition coefficient (Wildman–Crippen LogP) is 3.34. The SMILES string of the molecule is Cn1cc(C(F)(F)F)nc1-c1ccc(Cn2nnc3cnc(Cl)nc32)cc1. The minimum absolute atomic E-state index is 0.0941. The van der Waals surface area contributed by atoms with E-state index in [2.05, 4.69) is 25.3 Å². The zero-order valence-corrected chi connectivity index (χ0v) is 14.6. The highest BCUT2D eigenvalue weighted by Crippen LogP contribution is 2.30. The Balaban J connectivity index is 1.61. The first kappa shape index (κ1) is 17.4. The number of benzene rings is 1. The summed E-state index contributed by atoms with van der Waals surface area (Å²) in [7, 11) is 1.52. The van der Waals surface area contributed by atoms with Crippen LogP contribution in [0.2, 0.25) is 5.28 Å². The van der Waals surface area contributed by atoms with Crippen LogP contribution in [0.25, 0.3) is 22.6 Å². The number of aromatic nitrogens is 7. The van der Waals surface area contributed by atoms with Gasteiger partial charge in [0.05, 0.1) is 12.7 Å². The molecule has 3 heterocycles. The van der Waals surface area contributed by atoms with Gasteiger partial charge in [-0.3, -0.25) is 0 Å². The number of imidazole rings is 1. The minimum atomic E-state index is -4.48. The van der Waals surface area contributed by atoms with Crippen molar-refractivity contribution in [2.24, 2.45) is 7.05 Å². The molecule has 0 bridgehead atoms. The lowest BCUT2D eigenvalue weighted by atomic mass is 10.1. The number of hydrogen-bond donors (Lipinski definition) is 0. The fourth-order valence-electron chi connectivity index (χ4n) is 2.66. The average Bonchev–Trinajstić information content (AvgIpc) is 3.19. The summed E-state index contributed by atoms with van der Waals surface area (Å²) in [5, 5.41) is 8.08. The molecule has 0 unspecified atom stereocenters. The van der Waals surface area contributed by atoms with Crippen molar-refractivity contribution >= 4 is 22.8 Å². The Labute approximate surface area is 155 Å². The van der Waals surface area contributed by atoms with Gasteiger partial charge in [-0.2, -0.15) is 18.2 Å². The highest BCUT2D eigenvalue weighted by molar-refractivity contribution is 6.28. The van der Waals surface area contributed by atoms with Crippen LogP contribution in [0.3, 0.4) is 0 Å². The molecule has 0 amide bonds. The van der Waals surface area contributed by atoms with E-state index in [4.69, 9.17) is 11.6 Å². The summed E-state index contributed by atoms with van der Waals surface area (Å²) >= 11 is 5.81. The first-order chi connectivity index (χ1) is 12.8. The van der Waals surface area contributed by atoms with Gasteiger partial charge in [-0.05, 0) is 17.2 Å². The fraction of sp³-hybridized carbons (Fsp3) is 0.188. The van der Waals surface area contributed by atoms with E-state index in [9.17, 15) is 13.2 Å². The van der Waals surface area contributed by atoms with E-state index in [1.54, 1.807) is 28.9 Å². The van der Waals surface area contributed by atoms with Gasteiger partial charge in [0.1, 0.15) is 5.82 Å². The second-order valence-corrected chi connectivity index (χ2v) is 6.19. The zero-order chi connectivity index (χ0) is 19.2. The van der Waals surface area contributed by atoms with Crippen molar-refractivity contribution in [3.8, 4) is 11.4 Å². The molecule has 11 heteroatoms. The quantitative estimate of drug-likeness (QED) is 0.499. The normalized spacial score (nSPS) is 12.0. The summed E-state index contributed by atoms with van der Waals surface area (Å²) < 4.78 is 41.4. The third-order valence-corrected chi connectivity index (χ3v) is 4.12. The molecule has 4 aromatic rings. The van der Waals surface area contributed by atoms with Gasteiger partial charge >= 0.3 is 6.18 Å². The Kier molecular flexibility index (Phi) is 4.06. The van der Waals surface area contributed by atoms with E-state index in [-0.39, 0.29) is 11.1 Å². The fourth-order valence-corrected chi connectivity index (χ4v) is 2.79. The van der Waals surface area contributed by atoms with E-state index < -0.39 is 11.9 Å². The number of alkyl halides is 3. The maximum atomic E-state index is 12.8. The lowest BCUT2D eigenvalue weighted by molar-refractivity contribution is -0.140. The topological polar surface area (TPSA) is 74.3 Å². The van der Waals surface area contributed by atoms with E-state index in [0.29, 0.717) is 23.3 Å². The van der Waals surface area contributed by atoms with Gasteiger partial charge in [-0.15, -0.1) is 5.10 Å². The Hall–Kier alpha value is -3.01. The van der Waals surface area contributed by atoms with Crippen LogP contribution < -0.4 is 0 Å². The Morgan fingerprint density at radius 2 is 1.85 bits per heavy atom. The van der Waals surface area contributed by atoms with Gasteiger partial charge in [0.15, 0.2) is 16.9 Å². The molecule has 0 saturated heterocycles. The number of nitrogens with zero attached hydrogens (tertiary/aromatic N) is 7. The smallest absolute Gasteiger partial charge is 0.333 e. The summed E-state index contributed by atoms with van der Waals surface area (Å²) in [4.78, 5) is 11.6. The van der Waals surface area contributed by atoms with Crippen molar-refractivity contribution in [1.29, 1.82) is 0 Å². The molecular formula is C16H11ClF3N7. The molecule has 0 atom stereocenters. The van der Waals surface area contributed by atoms with E-state index in [0.717, 1.165) is 11.8 Å². The number of rotatable bonds is 3. The summed E-state index contributed by atoms with van der Waals surface area (Å²) in [6.07, 6.45) is -2.03. The summed E-state index contributed by atoms with van der Waals surface area (Å²) in [6, 6.07) is 6.99. The van der Waals surface area contributed by atoms with Crippen LogP contribution in [0.15, 0.2) is 36.7 Å². The molecule has 0 radical (unpaired) electrons.